The van der Waals surface area contributed by atoms with E-state index in [0.29, 0.717) is 34.9 Å². The van der Waals surface area contributed by atoms with E-state index in [1.165, 1.54) is 35.6 Å². The van der Waals surface area contributed by atoms with Crippen LogP contribution in [-0.2, 0) is 19.4 Å². The minimum absolute atomic E-state index is 0.148. The van der Waals surface area contributed by atoms with Gasteiger partial charge in [-0.05, 0) is 49.2 Å². The number of carbonyl (C=O) groups excluding carboxylic acids is 1. The Morgan fingerprint density at radius 3 is 2.54 bits per heavy atom. The molecular formula is C24H27Cl2N3O4S2. The summed E-state index contributed by atoms with van der Waals surface area (Å²) in [5.74, 6) is -0.574. The van der Waals surface area contributed by atoms with Crippen molar-refractivity contribution in [2.24, 2.45) is 0 Å². The quantitative estimate of drug-likeness (QED) is 0.376. The largest absolute Gasteiger partial charge is 0.379 e. The van der Waals surface area contributed by atoms with E-state index < -0.39 is 9.84 Å². The highest BCUT2D eigenvalue weighted by molar-refractivity contribution is 7.91. The Morgan fingerprint density at radius 2 is 1.86 bits per heavy atom. The minimum Gasteiger partial charge on any atom is -0.379 e. The molecule has 1 aromatic heterocycles. The van der Waals surface area contributed by atoms with Crippen molar-refractivity contribution < 1.29 is 17.9 Å². The SMILES string of the molecule is Cc1ccc(Cl)c2sc(N(CCCN3CCOCC3)C(=O)CCS(=O)(=O)c3ccc(Cl)cc3)nc12. The molecule has 0 aliphatic carbocycles. The Morgan fingerprint density at radius 1 is 1.14 bits per heavy atom. The molecule has 1 amide bonds. The lowest BCUT2D eigenvalue weighted by Crippen LogP contribution is -2.39. The summed E-state index contributed by atoms with van der Waals surface area (Å²) in [6, 6.07) is 9.70. The highest BCUT2D eigenvalue weighted by Gasteiger charge is 2.24. The maximum absolute atomic E-state index is 13.3. The molecule has 0 atom stereocenters. The first-order valence-corrected chi connectivity index (χ1v) is 14.6. The Balaban J connectivity index is 1.52. The zero-order valence-corrected chi connectivity index (χ0v) is 22.5. The van der Waals surface area contributed by atoms with Crippen LogP contribution in [0.3, 0.4) is 0 Å². The van der Waals surface area contributed by atoms with E-state index in [2.05, 4.69) is 4.90 Å². The Labute approximate surface area is 219 Å². The fraction of sp³-hybridized carbons (Fsp3) is 0.417. The second-order valence-corrected chi connectivity index (χ2v) is 12.3. The Hall–Kier alpha value is -1.75. The van der Waals surface area contributed by atoms with E-state index in [-0.39, 0.29) is 23.0 Å². The number of benzene rings is 2. The molecule has 0 bridgehead atoms. The van der Waals surface area contributed by atoms with Gasteiger partial charge in [-0.25, -0.2) is 13.4 Å². The standard InChI is InChI=1S/C24H27Cl2N3O4S2/c1-17-3-8-20(26)23-22(17)27-24(34-23)29(11-2-10-28-12-14-33-15-13-28)21(30)9-16-35(31,32)19-6-4-18(25)5-7-19/h3-8H,2,9-16H2,1H3. The lowest BCUT2D eigenvalue weighted by atomic mass is 10.2. The van der Waals surface area contributed by atoms with Crippen molar-refractivity contribution in [3.05, 3.63) is 52.0 Å². The third-order valence-electron chi connectivity index (χ3n) is 5.94. The number of rotatable bonds is 9. The summed E-state index contributed by atoms with van der Waals surface area (Å²) in [7, 11) is -3.63. The van der Waals surface area contributed by atoms with E-state index >= 15 is 0 Å². The topological polar surface area (TPSA) is 79.8 Å². The number of hydrogen-bond donors (Lipinski definition) is 0. The number of thiazole rings is 1. The molecule has 2 aromatic carbocycles. The molecule has 0 radical (unpaired) electrons. The number of morpholine rings is 1. The van der Waals surface area contributed by atoms with Crippen LogP contribution >= 0.6 is 34.5 Å². The zero-order chi connectivity index (χ0) is 25.0. The van der Waals surface area contributed by atoms with E-state index in [4.69, 9.17) is 32.9 Å². The monoisotopic (exact) mass is 555 g/mol. The van der Waals surface area contributed by atoms with E-state index in [9.17, 15) is 13.2 Å². The fourth-order valence-corrected chi connectivity index (χ4v) is 6.64. The molecule has 0 N–H and O–H groups in total. The van der Waals surface area contributed by atoms with Gasteiger partial charge in [0, 0.05) is 37.6 Å². The lowest BCUT2D eigenvalue weighted by molar-refractivity contribution is -0.118. The summed E-state index contributed by atoms with van der Waals surface area (Å²) in [5.41, 5.74) is 1.73. The van der Waals surface area contributed by atoms with Crippen molar-refractivity contribution in [3.8, 4) is 0 Å². The fourth-order valence-electron chi connectivity index (χ4n) is 3.93. The van der Waals surface area contributed by atoms with Gasteiger partial charge in [-0.15, -0.1) is 0 Å². The van der Waals surface area contributed by atoms with Crippen molar-refractivity contribution in [1.82, 2.24) is 9.88 Å². The first kappa shape index (κ1) is 26.3. The number of anilines is 1. The summed E-state index contributed by atoms with van der Waals surface area (Å²) in [6.45, 7) is 6.36. The normalized spacial score (nSPS) is 14.9. The van der Waals surface area contributed by atoms with Crippen LogP contribution in [0.4, 0.5) is 5.13 Å². The van der Waals surface area contributed by atoms with Crippen molar-refractivity contribution in [1.29, 1.82) is 0 Å². The van der Waals surface area contributed by atoms with Gasteiger partial charge >= 0.3 is 0 Å². The first-order valence-electron chi connectivity index (χ1n) is 11.4. The van der Waals surface area contributed by atoms with Gasteiger partial charge in [0.05, 0.1) is 39.1 Å². The molecule has 1 saturated heterocycles. The van der Waals surface area contributed by atoms with Crippen molar-refractivity contribution in [3.63, 3.8) is 0 Å². The molecule has 188 valence electrons. The predicted octanol–water partition coefficient (Wildman–Crippen LogP) is 4.83. The van der Waals surface area contributed by atoms with Crippen molar-refractivity contribution in [2.45, 2.75) is 24.7 Å². The minimum atomic E-state index is -3.63. The van der Waals surface area contributed by atoms with Crippen LogP contribution in [0.2, 0.25) is 10.0 Å². The molecule has 4 rings (SSSR count). The lowest BCUT2D eigenvalue weighted by Gasteiger charge is -2.27. The van der Waals surface area contributed by atoms with Gasteiger partial charge in [-0.2, -0.15) is 0 Å². The molecule has 35 heavy (non-hydrogen) atoms. The van der Waals surface area contributed by atoms with E-state index in [0.717, 1.165) is 41.8 Å². The number of sulfone groups is 1. The molecule has 2 heterocycles. The number of halogens is 2. The number of fused-ring (bicyclic) bond motifs is 1. The molecule has 0 saturated carbocycles. The number of aromatic nitrogens is 1. The first-order chi connectivity index (χ1) is 16.7. The molecule has 3 aromatic rings. The number of carbonyl (C=O) groups is 1. The second kappa shape index (κ2) is 11.5. The Kier molecular flexibility index (Phi) is 8.67. The number of aryl methyl sites for hydroxylation is 1. The van der Waals surface area contributed by atoms with Crippen LogP contribution < -0.4 is 4.90 Å². The molecule has 11 heteroatoms. The summed E-state index contributed by atoms with van der Waals surface area (Å²) in [5, 5.41) is 1.57. The summed E-state index contributed by atoms with van der Waals surface area (Å²) in [4.78, 5) is 22.1. The van der Waals surface area contributed by atoms with Gasteiger partial charge in [0.25, 0.3) is 0 Å². The van der Waals surface area contributed by atoms with Crippen LogP contribution in [0.1, 0.15) is 18.4 Å². The van der Waals surface area contributed by atoms with Crippen LogP contribution in [-0.4, -0.2) is 69.4 Å². The van der Waals surface area contributed by atoms with Gasteiger partial charge in [0.2, 0.25) is 5.91 Å². The van der Waals surface area contributed by atoms with Crippen LogP contribution in [0.25, 0.3) is 10.2 Å². The maximum atomic E-state index is 13.3. The highest BCUT2D eigenvalue weighted by Crippen LogP contribution is 2.36. The predicted molar refractivity (Wildman–Crippen MR) is 142 cm³/mol. The number of ether oxygens (including phenoxy) is 1. The smallest absolute Gasteiger partial charge is 0.229 e. The molecule has 7 nitrogen and oxygen atoms in total. The van der Waals surface area contributed by atoms with Gasteiger partial charge in [0.1, 0.15) is 0 Å². The van der Waals surface area contributed by atoms with Gasteiger partial charge < -0.3 is 4.74 Å². The van der Waals surface area contributed by atoms with Crippen LogP contribution in [0, 0.1) is 6.92 Å². The van der Waals surface area contributed by atoms with Crippen molar-refractivity contribution >= 4 is 65.6 Å². The third kappa shape index (κ3) is 6.53. The molecule has 1 fully saturated rings. The average molecular weight is 557 g/mol. The van der Waals surface area contributed by atoms with E-state index in [1.54, 1.807) is 4.90 Å². The molecule has 1 aliphatic rings. The van der Waals surface area contributed by atoms with Gasteiger partial charge in [-0.1, -0.05) is 40.6 Å². The van der Waals surface area contributed by atoms with Gasteiger partial charge in [0.15, 0.2) is 15.0 Å². The summed E-state index contributed by atoms with van der Waals surface area (Å²) >= 11 is 13.6. The maximum Gasteiger partial charge on any atom is 0.229 e. The second-order valence-electron chi connectivity index (χ2n) is 8.41. The molecule has 1 aliphatic heterocycles. The Bertz CT molecular complexity index is 1250. The van der Waals surface area contributed by atoms with E-state index in [1.807, 2.05) is 19.1 Å². The molecule has 0 unspecified atom stereocenters. The number of nitrogens with zero attached hydrogens (tertiary/aromatic N) is 3. The molecular weight excluding hydrogens is 529 g/mol. The van der Waals surface area contributed by atoms with Gasteiger partial charge in [-0.3, -0.25) is 14.6 Å². The van der Waals surface area contributed by atoms with Crippen LogP contribution in [0.15, 0.2) is 41.3 Å². The zero-order valence-electron chi connectivity index (χ0n) is 19.4. The van der Waals surface area contributed by atoms with Crippen molar-refractivity contribution in [2.75, 3.05) is 50.0 Å². The summed E-state index contributed by atoms with van der Waals surface area (Å²) < 4.78 is 31.8. The highest BCUT2D eigenvalue weighted by atomic mass is 35.5. The summed E-state index contributed by atoms with van der Waals surface area (Å²) in [6.07, 6.45) is 0.587. The number of amides is 1. The number of hydrogen-bond acceptors (Lipinski definition) is 7. The molecule has 0 spiro atoms. The third-order valence-corrected chi connectivity index (χ3v) is 9.46. The average Bonchev–Trinajstić information content (AvgIpc) is 3.30. The van der Waals surface area contributed by atoms with Crippen LogP contribution in [0.5, 0.6) is 0 Å².